The molecular weight excluding hydrogens is 438 g/mol. The van der Waals surface area contributed by atoms with Gasteiger partial charge in [-0.25, -0.2) is 0 Å². The van der Waals surface area contributed by atoms with E-state index in [2.05, 4.69) is 124 Å². The maximum Gasteiger partial charge on any atom is 0.219 e. The van der Waals surface area contributed by atoms with Crippen molar-refractivity contribution in [3.8, 4) is 0 Å². The van der Waals surface area contributed by atoms with Gasteiger partial charge in [-0.1, -0.05) is 62.2 Å². The van der Waals surface area contributed by atoms with E-state index in [9.17, 15) is 0 Å². The minimum Gasteiger partial charge on any atom is -0.282 e. The molecule has 4 rings (SSSR count). The Bertz CT molecular complexity index is 1270. The molecule has 190 valence electrons. The smallest absolute Gasteiger partial charge is 0.219 e. The number of aromatic nitrogens is 1. The summed E-state index contributed by atoms with van der Waals surface area (Å²) in [4.78, 5) is 5.32. The lowest BCUT2D eigenvalue weighted by molar-refractivity contribution is -0.725. The third-order valence-corrected chi connectivity index (χ3v) is 8.20. The fraction of sp³-hybridized carbons (Fsp3) is 0.424. The molecular formula is C33H44N3+. The first-order valence-corrected chi connectivity index (χ1v) is 13.5. The third kappa shape index (κ3) is 4.55. The number of hydrogen-bond acceptors (Lipinski definition) is 2. The van der Waals surface area contributed by atoms with Gasteiger partial charge < -0.3 is 0 Å². The molecule has 0 saturated carbocycles. The highest BCUT2D eigenvalue weighted by Crippen LogP contribution is 2.43. The van der Waals surface area contributed by atoms with Gasteiger partial charge in [0.1, 0.15) is 0 Å². The van der Waals surface area contributed by atoms with E-state index in [1.807, 2.05) is 0 Å². The van der Waals surface area contributed by atoms with Crippen molar-refractivity contribution in [1.29, 1.82) is 0 Å². The van der Waals surface area contributed by atoms with E-state index in [0.717, 1.165) is 36.0 Å². The predicted octanol–water partition coefficient (Wildman–Crippen LogP) is 5.39. The maximum absolute atomic E-state index is 4.77. The SMILES string of the molecule is C=C1/C(=C\C)C2CCN(C(C)C)C(c3ccccc3)N(C(C)C)CC(=C)C2[n+]2cc/c(=C/C)c(=C)c21. The van der Waals surface area contributed by atoms with Crippen LogP contribution >= 0.6 is 0 Å². The Morgan fingerprint density at radius 1 is 0.917 bits per heavy atom. The Hall–Kier alpha value is -2.75. The van der Waals surface area contributed by atoms with Gasteiger partial charge in [0.25, 0.3) is 0 Å². The first kappa shape index (κ1) is 26.3. The normalized spacial score (nSPS) is 25.6. The number of pyridine rings is 1. The third-order valence-electron chi connectivity index (χ3n) is 8.20. The van der Waals surface area contributed by atoms with E-state index in [4.69, 9.17) is 6.58 Å². The van der Waals surface area contributed by atoms with Crippen LogP contribution in [0.1, 0.15) is 71.4 Å². The molecule has 2 aliphatic heterocycles. The number of hydrogen-bond donors (Lipinski definition) is 0. The molecule has 0 spiro atoms. The lowest BCUT2D eigenvalue weighted by Crippen LogP contribution is -2.57. The molecule has 1 aromatic heterocycles. The van der Waals surface area contributed by atoms with Crippen LogP contribution in [-0.4, -0.2) is 35.0 Å². The number of rotatable bonds is 3. The minimum atomic E-state index is 0.174. The highest BCUT2D eigenvalue weighted by molar-refractivity contribution is 5.76. The zero-order valence-electron chi connectivity index (χ0n) is 23.2. The molecule has 36 heavy (non-hydrogen) atoms. The summed E-state index contributed by atoms with van der Waals surface area (Å²) in [6.07, 6.45) is 7.92. The first-order valence-electron chi connectivity index (χ1n) is 13.5. The Morgan fingerprint density at radius 2 is 1.58 bits per heavy atom. The van der Waals surface area contributed by atoms with Crippen LogP contribution in [0.15, 0.2) is 73.0 Å². The summed E-state index contributed by atoms with van der Waals surface area (Å²) in [5.41, 5.74) is 6.21. The Balaban J connectivity index is 1.92. The van der Waals surface area contributed by atoms with Crippen LogP contribution in [0, 0.1) is 5.92 Å². The Morgan fingerprint density at radius 3 is 2.17 bits per heavy atom. The van der Waals surface area contributed by atoms with Crippen molar-refractivity contribution in [2.24, 2.45) is 5.92 Å². The van der Waals surface area contributed by atoms with Crippen molar-refractivity contribution in [2.45, 2.75) is 72.3 Å². The molecule has 0 aliphatic carbocycles. The van der Waals surface area contributed by atoms with Crippen LogP contribution in [0.4, 0.5) is 0 Å². The van der Waals surface area contributed by atoms with Crippen LogP contribution in [0.5, 0.6) is 0 Å². The minimum absolute atomic E-state index is 0.174. The molecule has 3 nitrogen and oxygen atoms in total. The largest absolute Gasteiger partial charge is 0.282 e. The molecule has 2 aromatic rings. The average molecular weight is 483 g/mol. The predicted molar refractivity (Wildman–Crippen MR) is 153 cm³/mol. The summed E-state index contributed by atoms with van der Waals surface area (Å²) in [5.74, 6) is 0.327. The van der Waals surface area contributed by atoms with Gasteiger partial charge in [-0.2, -0.15) is 4.57 Å². The zero-order chi connectivity index (χ0) is 26.1. The van der Waals surface area contributed by atoms with E-state index >= 15 is 0 Å². The lowest BCUT2D eigenvalue weighted by Gasteiger charge is -2.44. The molecule has 3 unspecified atom stereocenters. The summed E-state index contributed by atoms with van der Waals surface area (Å²) in [6.45, 7) is 29.2. The van der Waals surface area contributed by atoms with Gasteiger partial charge in [0.15, 0.2) is 12.2 Å². The van der Waals surface area contributed by atoms with Gasteiger partial charge in [-0.3, -0.25) is 9.80 Å². The van der Waals surface area contributed by atoms with Gasteiger partial charge >= 0.3 is 0 Å². The van der Waals surface area contributed by atoms with E-state index in [1.165, 1.54) is 21.9 Å². The second-order valence-electron chi connectivity index (χ2n) is 10.9. The van der Waals surface area contributed by atoms with Crippen LogP contribution in [-0.2, 0) is 0 Å². The topological polar surface area (TPSA) is 10.4 Å². The summed E-state index contributed by atoms with van der Waals surface area (Å²) >= 11 is 0. The number of allylic oxidation sites excluding steroid dienone is 3. The van der Waals surface area contributed by atoms with E-state index in [0.29, 0.717) is 18.0 Å². The number of fused-ring (bicyclic) bond motifs is 3. The molecule has 0 bridgehead atoms. The lowest BCUT2D eigenvalue weighted by atomic mass is 9.76. The van der Waals surface area contributed by atoms with Crippen LogP contribution in [0.2, 0.25) is 0 Å². The van der Waals surface area contributed by atoms with Crippen molar-refractivity contribution in [3.63, 3.8) is 0 Å². The monoisotopic (exact) mass is 482 g/mol. The molecule has 0 N–H and O–H groups in total. The van der Waals surface area contributed by atoms with Crippen LogP contribution in [0.3, 0.4) is 0 Å². The molecule has 1 aromatic carbocycles. The van der Waals surface area contributed by atoms with Crippen molar-refractivity contribution in [1.82, 2.24) is 9.80 Å². The second kappa shape index (κ2) is 10.7. The fourth-order valence-corrected chi connectivity index (χ4v) is 6.41. The molecule has 0 radical (unpaired) electrons. The van der Waals surface area contributed by atoms with Gasteiger partial charge in [0, 0.05) is 47.6 Å². The molecule has 3 heterocycles. The highest BCUT2D eigenvalue weighted by Gasteiger charge is 2.45. The first-order chi connectivity index (χ1) is 17.2. The van der Waals surface area contributed by atoms with Gasteiger partial charge in [-0.05, 0) is 64.3 Å². The summed E-state index contributed by atoms with van der Waals surface area (Å²) < 4.78 is 2.43. The number of benzene rings is 1. The van der Waals surface area contributed by atoms with E-state index < -0.39 is 0 Å². The summed E-state index contributed by atoms with van der Waals surface area (Å²) in [5, 5.41) is 2.23. The molecule has 0 amide bonds. The van der Waals surface area contributed by atoms with Crippen molar-refractivity contribution in [2.75, 3.05) is 13.1 Å². The molecule has 3 atom stereocenters. The van der Waals surface area contributed by atoms with Crippen molar-refractivity contribution >= 4 is 18.2 Å². The molecule has 1 fully saturated rings. The maximum atomic E-state index is 4.77. The second-order valence-corrected chi connectivity index (χ2v) is 10.9. The Labute approximate surface area is 218 Å². The average Bonchev–Trinajstić information content (AvgIpc) is 2.91. The molecule has 3 heteroatoms. The zero-order valence-corrected chi connectivity index (χ0v) is 23.2. The molecule has 1 saturated heterocycles. The van der Waals surface area contributed by atoms with Crippen LogP contribution in [0.25, 0.3) is 18.2 Å². The fourth-order valence-electron chi connectivity index (χ4n) is 6.41. The standard InChI is InChI=1S/C33H44N3/c1-10-27-17-19-35-31-24(7)21-36(23(5)6)33(28-15-13-12-14-16-28)34(22(3)4)20-18-30(31)29(11-2)26(9)32(35)25(27)8/h10-17,19,22-23,30-31,33H,7-9,18,20-21H2,1-6H3/q+1/b27-10-,29-11+. The van der Waals surface area contributed by atoms with E-state index in [1.54, 1.807) is 0 Å². The van der Waals surface area contributed by atoms with Gasteiger partial charge in [0.2, 0.25) is 5.69 Å². The summed E-state index contributed by atoms with van der Waals surface area (Å²) in [6, 6.07) is 14.2. The Kier molecular flexibility index (Phi) is 7.82. The van der Waals surface area contributed by atoms with E-state index in [-0.39, 0.29) is 12.2 Å². The van der Waals surface area contributed by atoms with Gasteiger partial charge in [0.05, 0.1) is 12.1 Å². The summed E-state index contributed by atoms with van der Waals surface area (Å²) in [7, 11) is 0. The molecule has 2 aliphatic rings. The quantitative estimate of drug-likeness (QED) is 0.429. The van der Waals surface area contributed by atoms with Crippen LogP contribution < -0.4 is 15.0 Å². The highest BCUT2D eigenvalue weighted by atomic mass is 15.4. The van der Waals surface area contributed by atoms with Crippen molar-refractivity contribution in [3.05, 3.63) is 94.7 Å². The van der Waals surface area contributed by atoms with Gasteiger partial charge in [-0.15, -0.1) is 0 Å². The number of nitrogens with zero attached hydrogens (tertiary/aromatic N) is 3. The van der Waals surface area contributed by atoms with Crippen molar-refractivity contribution < 1.29 is 4.57 Å².